The molecule has 100 valence electrons. The van der Waals surface area contributed by atoms with Crippen molar-refractivity contribution in [3.05, 3.63) is 36.0 Å². The van der Waals surface area contributed by atoms with Crippen molar-refractivity contribution >= 4 is 11.7 Å². The monoisotopic (exact) mass is 260 g/mol. The number of carbonyl (C=O) groups excluding carboxylic acids is 1. The van der Waals surface area contributed by atoms with Crippen molar-refractivity contribution in [2.45, 2.75) is 13.3 Å². The minimum Gasteiger partial charge on any atom is -0.369 e. The van der Waals surface area contributed by atoms with Gasteiger partial charge in [0.25, 0.3) is 5.91 Å². The fourth-order valence-corrected chi connectivity index (χ4v) is 1.55. The second-order valence-electron chi connectivity index (χ2n) is 3.88. The Balaban J connectivity index is 1.82. The van der Waals surface area contributed by atoms with Crippen LogP contribution in [0.3, 0.4) is 0 Å². The van der Waals surface area contributed by atoms with Crippen molar-refractivity contribution < 1.29 is 4.79 Å². The SMILES string of the molecule is CCNc1ccc(C(=O)NCCc2ncc[nH]2)nn1. The number of aromatic amines is 1. The molecule has 0 aliphatic rings. The smallest absolute Gasteiger partial charge is 0.271 e. The van der Waals surface area contributed by atoms with Gasteiger partial charge in [-0.2, -0.15) is 0 Å². The van der Waals surface area contributed by atoms with Crippen LogP contribution in [0.1, 0.15) is 23.2 Å². The van der Waals surface area contributed by atoms with Gasteiger partial charge in [-0.25, -0.2) is 4.98 Å². The fraction of sp³-hybridized carbons (Fsp3) is 0.333. The Labute approximate surface area is 110 Å². The molecule has 7 nitrogen and oxygen atoms in total. The first-order valence-electron chi connectivity index (χ1n) is 6.13. The lowest BCUT2D eigenvalue weighted by Gasteiger charge is -2.04. The van der Waals surface area contributed by atoms with Crippen LogP contribution in [0.4, 0.5) is 5.82 Å². The molecule has 0 saturated heterocycles. The van der Waals surface area contributed by atoms with E-state index in [4.69, 9.17) is 0 Å². The van der Waals surface area contributed by atoms with E-state index in [1.165, 1.54) is 0 Å². The summed E-state index contributed by atoms with van der Waals surface area (Å²) in [6.45, 7) is 3.24. The standard InChI is InChI=1S/C12H16N6O/c1-2-13-11-4-3-9(17-18-11)12(19)16-6-5-10-14-7-8-15-10/h3-4,7-8H,2,5-6H2,1H3,(H,13,18)(H,14,15)(H,16,19). The van der Waals surface area contributed by atoms with E-state index >= 15 is 0 Å². The molecule has 2 heterocycles. The Morgan fingerprint density at radius 3 is 2.89 bits per heavy atom. The van der Waals surface area contributed by atoms with Gasteiger partial charge in [0.2, 0.25) is 0 Å². The molecule has 7 heteroatoms. The molecule has 0 aromatic carbocycles. The molecule has 2 aromatic rings. The summed E-state index contributed by atoms with van der Waals surface area (Å²) < 4.78 is 0. The third kappa shape index (κ3) is 3.77. The number of hydrogen-bond acceptors (Lipinski definition) is 5. The van der Waals surface area contributed by atoms with E-state index in [2.05, 4.69) is 30.8 Å². The average molecular weight is 260 g/mol. The zero-order valence-corrected chi connectivity index (χ0v) is 10.7. The molecule has 0 aliphatic heterocycles. The van der Waals surface area contributed by atoms with Gasteiger partial charge in [0.15, 0.2) is 5.69 Å². The molecule has 0 saturated carbocycles. The van der Waals surface area contributed by atoms with Gasteiger partial charge in [-0.15, -0.1) is 10.2 Å². The van der Waals surface area contributed by atoms with Gasteiger partial charge in [0.05, 0.1) is 0 Å². The largest absolute Gasteiger partial charge is 0.369 e. The summed E-state index contributed by atoms with van der Waals surface area (Å²) in [6, 6.07) is 3.38. The maximum absolute atomic E-state index is 11.8. The van der Waals surface area contributed by atoms with Crippen LogP contribution in [0.5, 0.6) is 0 Å². The van der Waals surface area contributed by atoms with Crippen molar-refractivity contribution in [1.82, 2.24) is 25.5 Å². The summed E-state index contributed by atoms with van der Waals surface area (Å²) in [6.07, 6.45) is 4.09. The van der Waals surface area contributed by atoms with E-state index in [1.54, 1.807) is 24.5 Å². The minimum absolute atomic E-state index is 0.234. The lowest BCUT2D eigenvalue weighted by atomic mass is 10.3. The Morgan fingerprint density at radius 2 is 2.26 bits per heavy atom. The maximum atomic E-state index is 11.8. The van der Waals surface area contributed by atoms with Crippen LogP contribution in [0.25, 0.3) is 0 Å². The van der Waals surface area contributed by atoms with E-state index in [1.807, 2.05) is 6.92 Å². The summed E-state index contributed by atoms with van der Waals surface area (Å²) in [5, 5.41) is 13.6. The number of imidazole rings is 1. The number of nitrogens with one attached hydrogen (secondary N) is 3. The number of amides is 1. The van der Waals surface area contributed by atoms with Gasteiger partial charge in [-0.3, -0.25) is 4.79 Å². The second-order valence-corrected chi connectivity index (χ2v) is 3.88. The molecule has 0 unspecified atom stereocenters. The average Bonchev–Trinajstić information content (AvgIpc) is 2.93. The first-order valence-corrected chi connectivity index (χ1v) is 6.13. The Bertz CT molecular complexity index is 508. The van der Waals surface area contributed by atoms with Crippen LogP contribution in [0, 0.1) is 0 Å². The molecule has 2 aromatic heterocycles. The van der Waals surface area contributed by atoms with Crippen LogP contribution < -0.4 is 10.6 Å². The molecule has 3 N–H and O–H groups in total. The molecule has 0 atom stereocenters. The molecule has 0 spiro atoms. The number of nitrogens with zero attached hydrogens (tertiary/aromatic N) is 3. The predicted octanol–water partition coefficient (Wildman–Crippen LogP) is 0.604. The van der Waals surface area contributed by atoms with E-state index in [9.17, 15) is 4.79 Å². The third-order valence-electron chi connectivity index (χ3n) is 2.46. The van der Waals surface area contributed by atoms with E-state index in [0.717, 1.165) is 12.4 Å². The highest BCUT2D eigenvalue weighted by molar-refractivity contribution is 5.92. The van der Waals surface area contributed by atoms with Gasteiger partial charge < -0.3 is 15.6 Å². The Morgan fingerprint density at radius 1 is 1.37 bits per heavy atom. The van der Waals surface area contributed by atoms with Crippen LogP contribution in [-0.4, -0.2) is 39.2 Å². The van der Waals surface area contributed by atoms with Gasteiger partial charge in [-0.1, -0.05) is 0 Å². The zero-order valence-electron chi connectivity index (χ0n) is 10.7. The number of hydrogen-bond donors (Lipinski definition) is 3. The minimum atomic E-state index is -0.234. The summed E-state index contributed by atoms with van der Waals surface area (Å²) in [7, 11) is 0. The molecule has 2 rings (SSSR count). The van der Waals surface area contributed by atoms with Crippen molar-refractivity contribution in [2.75, 3.05) is 18.4 Å². The Kier molecular flexibility index (Phi) is 4.44. The molecular formula is C12H16N6O. The fourth-order valence-electron chi connectivity index (χ4n) is 1.55. The molecular weight excluding hydrogens is 244 g/mol. The van der Waals surface area contributed by atoms with Gasteiger partial charge in [0, 0.05) is 31.9 Å². The van der Waals surface area contributed by atoms with Gasteiger partial charge >= 0.3 is 0 Å². The molecule has 0 radical (unpaired) electrons. The van der Waals surface area contributed by atoms with Crippen LogP contribution in [0.15, 0.2) is 24.5 Å². The van der Waals surface area contributed by atoms with Crippen molar-refractivity contribution in [3.63, 3.8) is 0 Å². The van der Waals surface area contributed by atoms with Gasteiger partial charge in [-0.05, 0) is 19.1 Å². The third-order valence-corrected chi connectivity index (χ3v) is 2.46. The van der Waals surface area contributed by atoms with Crippen LogP contribution in [0.2, 0.25) is 0 Å². The van der Waals surface area contributed by atoms with E-state index in [0.29, 0.717) is 24.5 Å². The molecule has 19 heavy (non-hydrogen) atoms. The quantitative estimate of drug-likeness (QED) is 0.707. The first kappa shape index (κ1) is 13.0. The summed E-state index contributed by atoms with van der Waals surface area (Å²) in [4.78, 5) is 18.8. The highest BCUT2D eigenvalue weighted by Crippen LogP contribution is 2.01. The maximum Gasteiger partial charge on any atom is 0.271 e. The number of carbonyl (C=O) groups is 1. The molecule has 1 amide bonds. The molecule has 0 bridgehead atoms. The number of aromatic nitrogens is 4. The highest BCUT2D eigenvalue weighted by Gasteiger charge is 2.07. The first-order chi connectivity index (χ1) is 9.29. The highest BCUT2D eigenvalue weighted by atomic mass is 16.1. The van der Waals surface area contributed by atoms with E-state index < -0.39 is 0 Å². The molecule has 0 aliphatic carbocycles. The van der Waals surface area contributed by atoms with Crippen molar-refractivity contribution in [3.8, 4) is 0 Å². The van der Waals surface area contributed by atoms with Crippen molar-refractivity contribution in [2.24, 2.45) is 0 Å². The Hall–Kier alpha value is -2.44. The topological polar surface area (TPSA) is 95.6 Å². The summed E-state index contributed by atoms with van der Waals surface area (Å²) in [5.41, 5.74) is 0.307. The van der Waals surface area contributed by atoms with E-state index in [-0.39, 0.29) is 5.91 Å². The lowest BCUT2D eigenvalue weighted by Crippen LogP contribution is -2.27. The predicted molar refractivity (Wildman–Crippen MR) is 70.8 cm³/mol. The summed E-state index contributed by atoms with van der Waals surface area (Å²) >= 11 is 0. The van der Waals surface area contributed by atoms with Crippen LogP contribution >= 0.6 is 0 Å². The number of H-pyrrole nitrogens is 1. The van der Waals surface area contributed by atoms with Crippen LogP contribution in [-0.2, 0) is 6.42 Å². The normalized spacial score (nSPS) is 10.2. The van der Waals surface area contributed by atoms with Crippen molar-refractivity contribution in [1.29, 1.82) is 0 Å². The molecule has 0 fully saturated rings. The second kappa shape index (κ2) is 6.48. The van der Waals surface area contributed by atoms with Gasteiger partial charge in [0.1, 0.15) is 11.6 Å². The summed E-state index contributed by atoms with van der Waals surface area (Å²) in [5.74, 6) is 1.27. The number of rotatable bonds is 6. The number of anilines is 1. The zero-order chi connectivity index (χ0) is 13.5. The lowest BCUT2D eigenvalue weighted by molar-refractivity contribution is 0.0948.